The number of hydrogen-bond acceptors (Lipinski definition) is 4. The molecule has 2 aromatic rings. The van der Waals surface area contributed by atoms with Crippen molar-refractivity contribution in [2.75, 3.05) is 41.3 Å². The third kappa shape index (κ3) is 5.09. The number of hydrogen-bond donors (Lipinski definition) is 0. The summed E-state index contributed by atoms with van der Waals surface area (Å²) < 4.78 is 7.42. The molecule has 1 aromatic heterocycles. The van der Waals surface area contributed by atoms with Crippen LogP contribution in [0.15, 0.2) is 36.4 Å². The second-order valence-corrected chi connectivity index (χ2v) is 6.22. The average molecular weight is 330 g/mol. The summed E-state index contributed by atoms with van der Waals surface area (Å²) in [5.41, 5.74) is 1.62. The Morgan fingerprint density at radius 3 is 2.50 bits per heavy atom. The molecule has 0 aliphatic rings. The quantitative estimate of drug-likeness (QED) is 0.694. The molecule has 0 atom stereocenters. The standard InChI is InChI=1S/C18H26N4O2/c1-20(2)11-8-12-24-17-13-16(18(23)21(3)4)22(19-17)14-15-9-6-5-7-10-15/h5-7,9-10,13H,8,11-12,14H2,1-4H3. The van der Waals surface area contributed by atoms with E-state index in [4.69, 9.17) is 4.74 Å². The summed E-state index contributed by atoms with van der Waals surface area (Å²) in [7, 11) is 7.53. The molecule has 2 rings (SSSR count). The molecule has 0 aliphatic heterocycles. The minimum Gasteiger partial charge on any atom is -0.477 e. The van der Waals surface area contributed by atoms with E-state index in [9.17, 15) is 4.79 Å². The maximum atomic E-state index is 12.4. The molecule has 24 heavy (non-hydrogen) atoms. The zero-order valence-electron chi connectivity index (χ0n) is 14.9. The van der Waals surface area contributed by atoms with E-state index in [1.54, 1.807) is 29.7 Å². The number of ether oxygens (including phenoxy) is 1. The molecule has 6 heteroatoms. The van der Waals surface area contributed by atoms with Gasteiger partial charge in [-0.05, 0) is 26.1 Å². The summed E-state index contributed by atoms with van der Waals surface area (Å²) in [6.45, 7) is 2.07. The van der Waals surface area contributed by atoms with Gasteiger partial charge in [-0.1, -0.05) is 30.3 Å². The van der Waals surface area contributed by atoms with Gasteiger partial charge in [0.15, 0.2) is 0 Å². The first-order chi connectivity index (χ1) is 11.5. The zero-order chi connectivity index (χ0) is 17.5. The van der Waals surface area contributed by atoms with Gasteiger partial charge in [-0.25, -0.2) is 0 Å². The topological polar surface area (TPSA) is 50.6 Å². The number of benzene rings is 1. The van der Waals surface area contributed by atoms with Crippen LogP contribution in [0.3, 0.4) is 0 Å². The van der Waals surface area contributed by atoms with E-state index < -0.39 is 0 Å². The van der Waals surface area contributed by atoms with E-state index in [1.165, 1.54) is 0 Å². The number of nitrogens with zero attached hydrogens (tertiary/aromatic N) is 4. The largest absolute Gasteiger partial charge is 0.477 e. The lowest BCUT2D eigenvalue weighted by Crippen LogP contribution is -2.25. The Balaban J connectivity index is 2.12. The highest BCUT2D eigenvalue weighted by molar-refractivity contribution is 5.92. The van der Waals surface area contributed by atoms with Gasteiger partial charge in [0.05, 0.1) is 13.2 Å². The minimum absolute atomic E-state index is 0.0819. The summed E-state index contributed by atoms with van der Waals surface area (Å²) in [5, 5.41) is 4.46. The maximum absolute atomic E-state index is 12.4. The first-order valence-corrected chi connectivity index (χ1v) is 8.08. The van der Waals surface area contributed by atoms with E-state index in [1.807, 2.05) is 44.4 Å². The predicted octanol–water partition coefficient (Wildman–Crippen LogP) is 1.96. The predicted molar refractivity (Wildman–Crippen MR) is 94.5 cm³/mol. The molecule has 1 heterocycles. The van der Waals surface area contributed by atoms with Crippen molar-refractivity contribution < 1.29 is 9.53 Å². The highest BCUT2D eigenvalue weighted by Crippen LogP contribution is 2.16. The van der Waals surface area contributed by atoms with Gasteiger partial charge in [0.2, 0.25) is 5.88 Å². The summed E-state index contributed by atoms with van der Waals surface area (Å²) in [6, 6.07) is 11.7. The Morgan fingerprint density at radius 2 is 1.88 bits per heavy atom. The van der Waals surface area contributed by atoms with E-state index in [0.717, 1.165) is 18.5 Å². The molecule has 0 unspecified atom stereocenters. The molecule has 0 saturated carbocycles. The van der Waals surface area contributed by atoms with Gasteiger partial charge in [-0.3, -0.25) is 9.48 Å². The Kier molecular flexibility index (Phi) is 6.37. The lowest BCUT2D eigenvalue weighted by atomic mass is 10.2. The Bertz CT molecular complexity index is 650. The van der Waals surface area contributed by atoms with Crippen LogP contribution in [0.4, 0.5) is 0 Å². The summed E-state index contributed by atoms with van der Waals surface area (Å²) in [5.74, 6) is 0.413. The first-order valence-electron chi connectivity index (χ1n) is 8.08. The molecule has 0 saturated heterocycles. The molecule has 1 aromatic carbocycles. The lowest BCUT2D eigenvalue weighted by Gasteiger charge is -2.11. The second kappa shape index (κ2) is 8.49. The molecular formula is C18H26N4O2. The number of amides is 1. The van der Waals surface area contributed by atoms with Crippen LogP contribution >= 0.6 is 0 Å². The molecule has 0 radical (unpaired) electrons. The molecule has 0 bridgehead atoms. The van der Waals surface area contributed by atoms with Gasteiger partial charge >= 0.3 is 0 Å². The molecule has 0 spiro atoms. The Labute approximate surface area is 143 Å². The Morgan fingerprint density at radius 1 is 1.17 bits per heavy atom. The van der Waals surface area contributed by atoms with Crippen molar-refractivity contribution in [2.24, 2.45) is 0 Å². The van der Waals surface area contributed by atoms with E-state index in [0.29, 0.717) is 24.7 Å². The second-order valence-electron chi connectivity index (χ2n) is 6.22. The molecule has 6 nitrogen and oxygen atoms in total. The van der Waals surface area contributed by atoms with Crippen LogP contribution < -0.4 is 4.74 Å². The number of rotatable bonds is 8. The number of carbonyl (C=O) groups excluding carboxylic acids is 1. The van der Waals surface area contributed by atoms with E-state index in [2.05, 4.69) is 10.00 Å². The van der Waals surface area contributed by atoms with Crippen molar-refractivity contribution in [2.45, 2.75) is 13.0 Å². The van der Waals surface area contributed by atoms with Crippen LogP contribution in [-0.4, -0.2) is 66.8 Å². The smallest absolute Gasteiger partial charge is 0.271 e. The zero-order valence-corrected chi connectivity index (χ0v) is 14.9. The molecule has 0 aliphatic carbocycles. The number of carbonyl (C=O) groups is 1. The van der Waals surface area contributed by atoms with Crippen molar-refractivity contribution in [3.8, 4) is 5.88 Å². The van der Waals surface area contributed by atoms with Crippen LogP contribution in [0.2, 0.25) is 0 Å². The monoisotopic (exact) mass is 330 g/mol. The van der Waals surface area contributed by atoms with E-state index in [-0.39, 0.29) is 5.91 Å². The molecule has 1 amide bonds. The third-order valence-electron chi connectivity index (χ3n) is 3.56. The number of aromatic nitrogens is 2. The molecule has 0 N–H and O–H groups in total. The van der Waals surface area contributed by atoms with Crippen LogP contribution in [-0.2, 0) is 6.54 Å². The molecular weight excluding hydrogens is 304 g/mol. The van der Waals surface area contributed by atoms with Crippen molar-refractivity contribution in [3.05, 3.63) is 47.7 Å². The van der Waals surface area contributed by atoms with Gasteiger partial charge in [0, 0.05) is 26.7 Å². The van der Waals surface area contributed by atoms with Crippen molar-refractivity contribution in [1.29, 1.82) is 0 Å². The SMILES string of the molecule is CN(C)CCCOc1cc(C(=O)N(C)C)n(Cc2ccccc2)n1. The van der Waals surface area contributed by atoms with Crippen molar-refractivity contribution in [3.63, 3.8) is 0 Å². The fraction of sp³-hybridized carbons (Fsp3) is 0.444. The fourth-order valence-electron chi connectivity index (χ4n) is 2.30. The van der Waals surface area contributed by atoms with Crippen molar-refractivity contribution >= 4 is 5.91 Å². The van der Waals surface area contributed by atoms with E-state index >= 15 is 0 Å². The maximum Gasteiger partial charge on any atom is 0.271 e. The van der Waals surface area contributed by atoms with Gasteiger partial charge in [0.25, 0.3) is 5.91 Å². The van der Waals surface area contributed by atoms with Crippen LogP contribution in [0.1, 0.15) is 22.5 Å². The third-order valence-corrected chi connectivity index (χ3v) is 3.56. The van der Waals surface area contributed by atoms with Crippen molar-refractivity contribution in [1.82, 2.24) is 19.6 Å². The summed E-state index contributed by atoms with van der Waals surface area (Å²) in [6.07, 6.45) is 0.912. The van der Waals surface area contributed by atoms with Gasteiger partial charge in [-0.15, -0.1) is 5.10 Å². The van der Waals surface area contributed by atoms with Crippen LogP contribution in [0, 0.1) is 0 Å². The molecule has 0 fully saturated rings. The summed E-state index contributed by atoms with van der Waals surface area (Å²) >= 11 is 0. The highest BCUT2D eigenvalue weighted by Gasteiger charge is 2.18. The lowest BCUT2D eigenvalue weighted by molar-refractivity contribution is 0.0816. The van der Waals surface area contributed by atoms with Crippen LogP contribution in [0.5, 0.6) is 5.88 Å². The highest BCUT2D eigenvalue weighted by atomic mass is 16.5. The van der Waals surface area contributed by atoms with Gasteiger partial charge in [-0.2, -0.15) is 0 Å². The minimum atomic E-state index is -0.0819. The van der Waals surface area contributed by atoms with Gasteiger partial charge < -0.3 is 14.5 Å². The first kappa shape index (κ1) is 18.0. The van der Waals surface area contributed by atoms with Crippen LogP contribution in [0.25, 0.3) is 0 Å². The Hall–Kier alpha value is -2.34. The summed E-state index contributed by atoms with van der Waals surface area (Å²) in [4.78, 5) is 16.1. The normalized spacial score (nSPS) is 10.9. The molecule has 130 valence electrons. The fourth-order valence-corrected chi connectivity index (χ4v) is 2.30. The average Bonchev–Trinajstić information content (AvgIpc) is 2.94. The van der Waals surface area contributed by atoms with Gasteiger partial charge in [0.1, 0.15) is 5.69 Å².